The van der Waals surface area contributed by atoms with Gasteiger partial charge in [-0.25, -0.2) is 0 Å². The molecule has 13 heteroatoms. The van der Waals surface area contributed by atoms with Gasteiger partial charge in [-0.3, -0.25) is 14.6 Å². The second kappa shape index (κ2) is 12.5. The predicted molar refractivity (Wildman–Crippen MR) is 165 cm³/mol. The van der Waals surface area contributed by atoms with Crippen LogP contribution in [0.4, 0.5) is 0 Å². The van der Waals surface area contributed by atoms with Gasteiger partial charge < -0.3 is 40.4 Å². The summed E-state index contributed by atoms with van der Waals surface area (Å²) < 4.78 is 17.6. The van der Waals surface area contributed by atoms with Gasteiger partial charge >= 0.3 is 0 Å². The van der Waals surface area contributed by atoms with E-state index < -0.39 is 59.3 Å². The highest BCUT2D eigenvalue weighted by Crippen LogP contribution is 2.52. The number of aromatic hydroxyl groups is 2. The molecule has 6 rings (SSSR count). The Kier molecular flexibility index (Phi) is 9.20. The number of methoxy groups -OCH3 is 1. The van der Waals surface area contributed by atoms with Crippen LogP contribution in [0.1, 0.15) is 95.0 Å². The van der Waals surface area contributed by atoms with Gasteiger partial charge in [-0.2, -0.15) is 5.10 Å². The lowest BCUT2D eigenvalue weighted by Gasteiger charge is -2.43. The second-order valence-electron chi connectivity index (χ2n) is 12.3. The number of hydrogen-bond acceptors (Lipinski definition) is 12. The van der Waals surface area contributed by atoms with Crippen LogP contribution in [0.5, 0.6) is 17.2 Å². The molecule has 0 aromatic heterocycles. The Bertz CT molecular complexity index is 1530. The molecule has 12 nitrogen and oxygen atoms in total. The number of carbonyl (C=O) groups is 2. The number of hydrazone groups is 1. The van der Waals surface area contributed by atoms with Crippen LogP contribution in [-0.2, 0) is 15.9 Å². The van der Waals surface area contributed by atoms with Crippen molar-refractivity contribution in [1.29, 1.82) is 0 Å². The van der Waals surface area contributed by atoms with Gasteiger partial charge in [0.2, 0.25) is 5.78 Å². The molecule has 0 spiro atoms. The molecule has 0 bridgehead atoms. The summed E-state index contributed by atoms with van der Waals surface area (Å²) in [7, 11) is 1.37. The number of phenolic OH excluding ortho intramolecular Hbond substituents is 2. The maximum Gasteiger partial charge on any atom is 0.202 e. The van der Waals surface area contributed by atoms with E-state index >= 15 is 0 Å². The maximum absolute atomic E-state index is 13.9. The summed E-state index contributed by atoms with van der Waals surface area (Å²) in [4.78, 5) is 27.7. The third-order valence-corrected chi connectivity index (χ3v) is 9.44. The van der Waals surface area contributed by atoms with Gasteiger partial charge in [0.1, 0.15) is 22.8 Å². The van der Waals surface area contributed by atoms with Gasteiger partial charge in [-0.1, -0.05) is 12.1 Å². The third-order valence-electron chi connectivity index (χ3n) is 9.44. The van der Waals surface area contributed by atoms with E-state index in [-0.39, 0.29) is 70.8 Å². The molecule has 2 fully saturated rings. The number of nitrogens with two attached hydrogens (primary N) is 1. The van der Waals surface area contributed by atoms with Crippen LogP contribution in [0, 0.1) is 0 Å². The number of halogens is 1. The first-order valence-electron chi connectivity index (χ1n) is 15.1. The molecule has 6 atom stereocenters. The number of aliphatic hydroxyl groups is 2. The lowest BCUT2D eigenvalue weighted by molar-refractivity contribution is -0.245. The molecule has 2 aliphatic heterocycles. The molecule has 45 heavy (non-hydrogen) atoms. The zero-order valence-corrected chi connectivity index (χ0v) is 26.3. The average Bonchev–Trinajstić information content (AvgIpc) is 3.00. The van der Waals surface area contributed by atoms with Crippen molar-refractivity contribution in [3.63, 3.8) is 0 Å². The van der Waals surface area contributed by atoms with Crippen molar-refractivity contribution in [1.82, 2.24) is 5.01 Å². The van der Waals surface area contributed by atoms with Gasteiger partial charge in [-0.15, -0.1) is 12.4 Å². The molecule has 2 heterocycles. The molecule has 0 radical (unpaired) electrons. The largest absolute Gasteiger partial charge is 0.507 e. The molecule has 0 saturated carbocycles. The molecular formula is C32H40ClN3O9. The van der Waals surface area contributed by atoms with E-state index in [1.807, 2.05) is 5.01 Å². The number of nitrogens with zero attached hydrogens (tertiary/aromatic N) is 2. The zero-order chi connectivity index (χ0) is 31.5. The molecule has 0 amide bonds. The number of benzene rings is 2. The Labute approximate surface area is 267 Å². The Morgan fingerprint density at radius 1 is 1.09 bits per heavy atom. The highest BCUT2D eigenvalue weighted by molar-refractivity contribution is 6.31. The van der Waals surface area contributed by atoms with Crippen molar-refractivity contribution in [2.75, 3.05) is 20.2 Å². The van der Waals surface area contributed by atoms with Crippen LogP contribution in [0.15, 0.2) is 23.3 Å². The number of ketones is 2. The number of fused-ring (bicyclic) bond motifs is 3. The highest BCUT2D eigenvalue weighted by atomic mass is 35.5. The van der Waals surface area contributed by atoms with Gasteiger partial charge in [-0.05, 0) is 39.2 Å². The lowest BCUT2D eigenvalue weighted by atomic mass is 9.71. The number of aliphatic hydroxyl groups excluding tert-OH is 1. The van der Waals surface area contributed by atoms with Crippen LogP contribution in [0.3, 0.4) is 0 Å². The minimum atomic E-state index is -1.64. The molecule has 2 saturated heterocycles. The summed E-state index contributed by atoms with van der Waals surface area (Å²) in [6, 6.07) is 3.93. The monoisotopic (exact) mass is 645 g/mol. The molecule has 4 aliphatic rings. The van der Waals surface area contributed by atoms with Crippen molar-refractivity contribution in [3.8, 4) is 17.2 Å². The van der Waals surface area contributed by atoms with E-state index in [2.05, 4.69) is 0 Å². The van der Waals surface area contributed by atoms with E-state index in [1.54, 1.807) is 26.0 Å². The van der Waals surface area contributed by atoms with Crippen molar-refractivity contribution in [3.05, 3.63) is 51.6 Å². The first kappa shape index (κ1) is 33.1. The van der Waals surface area contributed by atoms with Crippen molar-refractivity contribution in [2.24, 2.45) is 10.8 Å². The van der Waals surface area contributed by atoms with E-state index in [0.717, 1.165) is 32.4 Å². The fourth-order valence-electron chi connectivity index (χ4n) is 6.95. The fourth-order valence-corrected chi connectivity index (χ4v) is 6.95. The SMILES string of the molecule is COc1cccc2c1C(=O)c1c(O)c3c(c(O)c1C2=O)C[C@@](O)(/C(C)=N/N1CCCCC1)C[C@@H]3OC1CC(N)C(O)C(C)O1.Cl. The standard InChI is InChI=1S/C32H39N3O9.ClH/c1-15-27(36)19(33)12-22(43-15)44-21-14-32(41,16(2)34-35-10-5-4-6-11-35)13-18-24(21)31(40)26-25(29(18)38)28(37)17-8-7-9-20(42-3)23(17)30(26)39;/h7-9,15,19,21-22,27,36,38,40-41H,4-6,10-14,33H2,1-3H3;1H/b34-16+;/t15?,19?,21-,22?,27?,32-;/m0./s1. The van der Waals surface area contributed by atoms with Crippen LogP contribution in [-0.4, -0.2) is 93.1 Å². The molecule has 4 unspecified atom stereocenters. The molecule has 2 aromatic carbocycles. The summed E-state index contributed by atoms with van der Waals surface area (Å²) in [6.45, 7) is 4.86. The fraction of sp³-hybridized carbons (Fsp3) is 0.531. The number of hydrogen-bond donors (Lipinski definition) is 5. The third kappa shape index (κ3) is 5.57. The molecular weight excluding hydrogens is 606 g/mol. The van der Waals surface area contributed by atoms with Crippen LogP contribution >= 0.6 is 12.4 Å². The Morgan fingerprint density at radius 3 is 2.44 bits per heavy atom. The van der Waals surface area contributed by atoms with E-state index in [4.69, 9.17) is 25.0 Å². The summed E-state index contributed by atoms with van der Waals surface area (Å²) >= 11 is 0. The summed E-state index contributed by atoms with van der Waals surface area (Å²) in [5.74, 6) is -2.21. The first-order valence-corrected chi connectivity index (χ1v) is 15.1. The summed E-state index contributed by atoms with van der Waals surface area (Å²) in [5, 5.41) is 52.5. The lowest BCUT2D eigenvalue weighted by Crippen LogP contribution is -2.52. The molecule has 6 N–H and O–H groups in total. The van der Waals surface area contributed by atoms with E-state index in [9.17, 15) is 30.0 Å². The van der Waals surface area contributed by atoms with Gasteiger partial charge in [0.05, 0.1) is 47.8 Å². The Balaban J connectivity index is 0.00000400. The van der Waals surface area contributed by atoms with Gasteiger partial charge in [0, 0.05) is 55.1 Å². The number of piperidine rings is 1. The highest BCUT2D eigenvalue weighted by Gasteiger charge is 2.49. The number of ether oxygens (including phenoxy) is 3. The van der Waals surface area contributed by atoms with Crippen LogP contribution < -0.4 is 10.5 Å². The minimum absolute atomic E-state index is 0. The van der Waals surface area contributed by atoms with Crippen LogP contribution in [0.2, 0.25) is 0 Å². The molecule has 244 valence electrons. The average molecular weight is 646 g/mol. The second-order valence-corrected chi connectivity index (χ2v) is 12.3. The maximum atomic E-state index is 13.9. The first-order chi connectivity index (χ1) is 20.9. The number of phenols is 2. The van der Waals surface area contributed by atoms with Crippen molar-refractivity contribution >= 4 is 29.7 Å². The van der Waals surface area contributed by atoms with E-state index in [1.165, 1.54) is 13.2 Å². The summed E-state index contributed by atoms with van der Waals surface area (Å²) in [6.07, 6.45) is -0.688. The predicted octanol–water partition coefficient (Wildman–Crippen LogP) is 2.72. The topological polar surface area (TPSA) is 184 Å². The number of rotatable bonds is 5. The Hall–Kier alpha value is -3.26. The summed E-state index contributed by atoms with van der Waals surface area (Å²) in [5.41, 5.74) is 4.38. The van der Waals surface area contributed by atoms with E-state index in [0.29, 0.717) is 5.71 Å². The molecule has 2 aromatic rings. The quantitative estimate of drug-likeness (QED) is 0.203. The Morgan fingerprint density at radius 2 is 1.78 bits per heavy atom. The smallest absolute Gasteiger partial charge is 0.202 e. The van der Waals surface area contributed by atoms with Crippen molar-refractivity contribution < 1.29 is 44.2 Å². The van der Waals surface area contributed by atoms with Gasteiger partial charge in [0.25, 0.3) is 0 Å². The minimum Gasteiger partial charge on any atom is -0.507 e. The van der Waals surface area contributed by atoms with Gasteiger partial charge in [0.15, 0.2) is 12.1 Å². The normalized spacial score (nSPS) is 29.8. The van der Waals surface area contributed by atoms with Crippen LogP contribution in [0.25, 0.3) is 0 Å². The number of carbonyl (C=O) groups excluding carboxylic acids is 2. The van der Waals surface area contributed by atoms with Crippen molar-refractivity contribution in [2.45, 2.75) is 88.6 Å². The zero-order valence-electron chi connectivity index (χ0n) is 25.5. The molecule has 2 aliphatic carbocycles.